The number of halogens is 1. The zero-order valence-electron chi connectivity index (χ0n) is 9.01. The molecule has 0 aliphatic carbocycles. The van der Waals surface area contributed by atoms with E-state index in [0.29, 0.717) is 20.7 Å². The van der Waals surface area contributed by atoms with Crippen molar-refractivity contribution in [2.24, 2.45) is 0 Å². The van der Waals surface area contributed by atoms with Gasteiger partial charge in [0.15, 0.2) is 5.76 Å². The third kappa shape index (κ3) is 2.63. The first-order valence-corrected chi connectivity index (χ1v) is 7.51. The third-order valence-corrected chi connectivity index (χ3v) is 3.40. The molecule has 0 atom stereocenters. The van der Waals surface area contributed by atoms with E-state index in [4.69, 9.17) is 4.52 Å². The van der Waals surface area contributed by atoms with Crippen molar-refractivity contribution in [3.8, 4) is 11.3 Å². The van der Waals surface area contributed by atoms with Crippen molar-refractivity contribution in [3.05, 3.63) is 21.7 Å². The average Bonchev–Trinajstić information content (AvgIpc) is 2.63. The Morgan fingerprint density at radius 3 is 2.59 bits per heavy atom. The molecule has 17 heavy (non-hydrogen) atoms. The van der Waals surface area contributed by atoms with Crippen molar-refractivity contribution in [3.63, 3.8) is 0 Å². The lowest BCUT2D eigenvalue weighted by Crippen LogP contribution is -2.05. The molecular formula is C9H8IN3O3S. The number of hydrogen-bond donors (Lipinski definition) is 0. The van der Waals surface area contributed by atoms with Crippen LogP contribution in [0.5, 0.6) is 0 Å². The molecule has 2 aromatic heterocycles. The summed E-state index contributed by atoms with van der Waals surface area (Å²) in [7, 11) is -3.39. The number of sulfone groups is 1. The van der Waals surface area contributed by atoms with E-state index in [1.807, 2.05) is 22.6 Å². The predicted octanol–water partition coefficient (Wildman–Crippen LogP) is 1.45. The van der Waals surface area contributed by atoms with Gasteiger partial charge in [-0.05, 0) is 29.5 Å². The summed E-state index contributed by atoms with van der Waals surface area (Å²) >= 11 is 2.02. The van der Waals surface area contributed by atoms with Crippen LogP contribution in [-0.4, -0.2) is 29.8 Å². The van der Waals surface area contributed by atoms with E-state index in [2.05, 4.69) is 15.1 Å². The minimum atomic E-state index is -3.39. The van der Waals surface area contributed by atoms with E-state index < -0.39 is 9.84 Å². The van der Waals surface area contributed by atoms with Crippen LogP contribution >= 0.6 is 22.6 Å². The molecule has 0 saturated heterocycles. The van der Waals surface area contributed by atoms with Crippen molar-refractivity contribution in [1.82, 2.24) is 15.1 Å². The molecule has 8 heteroatoms. The van der Waals surface area contributed by atoms with Gasteiger partial charge in [-0.1, -0.05) is 5.16 Å². The Bertz CT molecular complexity index is 666. The summed E-state index contributed by atoms with van der Waals surface area (Å²) in [5.41, 5.74) is 1.17. The Morgan fingerprint density at radius 1 is 1.41 bits per heavy atom. The van der Waals surface area contributed by atoms with Gasteiger partial charge in [0.25, 0.3) is 0 Å². The normalized spacial score (nSPS) is 11.7. The molecule has 0 aromatic carbocycles. The van der Waals surface area contributed by atoms with Crippen molar-refractivity contribution in [2.45, 2.75) is 12.1 Å². The second-order valence-corrected chi connectivity index (χ2v) is 6.45. The first kappa shape index (κ1) is 12.4. The molecule has 0 aliphatic heterocycles. The Kier molecular flexibility index (Phi) is 3.17. The van der Waals surface area contributed by atoms with E-state index in [9.17, 15) is 8.42 Å². The van der Waals surface area contributed by atoms with E-state index in [-0.39, 0.29) is 5.16 Å². The van der Waals surface area contributed by atoms with Crippen LogP contribution in [-0.2, 0) is 9.84 Å². The fourth-order valence-electron chi connectivity index (χ4n) is 1.25. The molecular weight excluding hydrogens is 357 g/mol. The Labute approximate surface area is 112 Å². The van der Waals surface area contributed by atoms with Crippen molar-refractivity contribution in [2.75, 3.05) is 6.26 Å². The molecule has 0 spiro atoms. The topological polar surface area (TPSA) is 86.0 Å². The molecule has 0 saturated carbocycles. The molecule has 0 unspecified atom stereocenters. The second kappa shape index (κ2) is 4.33. The molecule has 6 nitrogen and oxygen atoms in total. The van der Waals surface area contributed by atoms with Gasteiger partial charge in [-0.15, -0.1) is 0 Å². The zero-order chi connectivity index (χ0) is 12.6. The van der Waals surface area contributed by atoms with Crippen molar-refractivity contribution in [1.29, 1.82) is 0 Å². The van der Waals surface area contributed by atoms with Gasteiger partial charge in [0.2, 0.25) is 15.0 Å². The van der Waals surface area contributed by atoms with Crippen molar-refractivity contribution >= 4 is 32.4 Å². The second-order valence-electron chi connectivity index (χ2n) is 3.44. The molecule has 2 rings (SSSR count). The van der Waals surface area contributed by atoms with Gasteiger partial charge >= 0.3 is 0 Å². The third-order valence-electron chi connectivity index (χ3n) is 2.04. The fraction of sp³-hybridized carbons (Fsp3) is 0.222. The highest BCUT2D eigenvalue weighted by molar-refractivity contribution is 14.1. The van der Waals surface area contributed by atoms with Gasteiger partial charge in [0.1, 0.15) is 3.70 Å². The summed E-state index contributed by atoms with van der Waals surface area (Å²) in [5, 5.41) is 3.56. The summed E-state index contributed by atoms with van der Waals surface area (Å²) in [6, 6.07) is 1.73. The van der Waals surface area contributed by atoms with E-state index >= 15 is 0 Å². The summed E-state index contributed by atoms with van der Waals surface area (Å²) < 4.78 is 28.3. The average molecular weight is 365 g/mol. The smallest absolute Gasteiger partial charge is 0.247 e. The maximum Gasteiger partial charge on any atom is 0.247 e. The van der Waals surface area contributed by atoms with Gasteiger partial charge in [-0.2, -0.15) is 0 Å². The van der Waals surface area contributed by atoms with Crippen LogP contribution in [0.3, 0.4) is 0 Å². The van der Waals surface area contributed by atoms with Gasteiger partial charge in [-0.3, -0.25) is 0 Å². The van der Waals surface area contributed by atoms with Crippen molar-refractivity contribution < 1.29 is 12.9 Å². The maximum atomic E-state index is 11.3. The highest BCUT2D eigenvalue weighted by Crippen LogP contribution is 2.23. The van der Waals surface area contributed by atoms with Gasteiger partial charge in [-0.25, -0.2) is 18.4 Å². The summed E-state index contributed by atoms with van der Waals surface area (Å²) in [6.45, 7) is 1.70. The molecule has 2 aromatic rings. The largest absolute Gasteiger partial charge is 0.355 e. The highest BCUT2D eigenvalue weighted by atomic mass is 127. The monoisotopic (exact) mass is 365 g/mol. The molecule has 0 radical (unpaired) electrons. The van der Waals surface area contributed by atoms with Crippen LogP contribution in [0.1, 0.15) is 5.69 Å². The first-order chi connectivity index (χ1) is 7.88. The number of aromatic nitrogens is 3. The number of nitrogens with zero attached hydrogens (tertiary/aromatic N) is 3. The highest BCUT2D eigenvalue weighted by Gasteiger charge is 2.15. The summed E-state index contributed by atoms with van der Waals surface area (Å²) in [5.74, 6) is 0.520. The molecule has 0 amide bonds. The Balaban J connectivity index is 2.53. The molecule has 2 heterocycles. The fourth-order valence-corrected chi connectivity index (χ4v) is 2.18. The predicted molar refractivity (Wildman–Crippen MR) is 68.1 cm³/mol. The number of aryl methyl sites for hydroxylation is 1. The number of rotatable bonds is 2. The van der Waals surface area contributed by atoms with Gasteiger partial charge in [0, 0.05) is 18.5 Å². The van der Waals surface area contributed by atoms with Crippen LogP contribution in [0.2, 0.25) is 0 Å². The quantitative estimate of drug-likeness (QED) is 0.592. The molecule has 0 fully saturated rings. The molecule has 0 N–H and O–H groups in total. The lowest BCUT2D eigenvalue weighted by Gasteiger charge is -2.02. The summed E-state index contributed by atoms with van der Waals surface area (Å²) in [6.07, 6.45) is 2.49. The van der Waals surface area contributed by atoms with Crippen LogP contribution in [0.15, 0.2) is 21.9 Å². The van der Waals surface area contributed by atoms with E-state index in [0.717, 1.165) is 6.26 Å². The van der Waals surface area contributed by atoms with Crippen LogP contribution < -0.4 is 0 Å². The van der Waals surface area contributed by atoms with Gasteiger partial charge < -0.3 is 4.52 Å². The van der Waals surface area contributed by atoms with Crippen LogP contribution in [0, 0.1) is 10.6 Å². The minimum Gasteiger partial charge on any atom is -0.355 e. The molecule has 0 bridgehead atoms. The van der Waals surface area contributed by atoms with Crippen LogP contribution in [0.25, 0.3) is 11.3 Å². The van der Waals surface area contributed by atoms with Gasteiger partial charge in [0.05, 0.1) is 11.3 Å². The zero-order valence-corrected chi connectivity index (χ0v) is 12.0. The molecule has 0 aliphatic rings. The summed E-state index contributed by atoms with van der Waals surface area (Å²) in [4.78, 5) is 7.75. The minimum absolute atomic E-state index is 0.187. The maximum absolute atomic E-state index is 11.3. The van der Waals surface area contributed by atoms with Crippen LogP contribution in [0.4, 0.5) is 0 Å². The Hall–Kier alpha value is -1.03. The first-order valence-electron chi connectivity index (χ1n) is 4.54. The SMILES string of the molecule is Cc1nc(S(C)(=O)=O)ncc1-c1cc(I)no1. The lowest BCUT2D eigenvalue weighted by atomic mass is 10.2. The lowest BCUT2D eigenvalue weighted by molar-refractivity contribution is 0.426. The Morgan fingerprint density at radius 2 is 2.12 bits per heavy atom. The number of hydrogen-bond acceptors (Lipinski definition) is 6. The van der Waals surface area contributed by atoms with E-state index in [1.165, 1.54) is 6.20 Å². The van der Waals surface area contributed by atoms with E-state index in [1.54, 1.807) is 13.0 Å². The standard InChI is InChI=1S/C9H8IN3O3S/c1-5-6(7-3-8(10)13-16-7)4-11-9(12-5)17(2,14)15/h3-4H,1-2H3. The molecule has 90 valence electrons.